The van der Waals surface area contributed by atoms with E-state index in [-0.39, 0.29) is 0 Å². The van der Waals surface area contributed by atoms with E-state index in [9.17, 15) is 4.79 Å². The highest BCUT2D eigenvalue weighted by Gasteiger charge is 2.18. The Labute approximate surface area is 153 Å². The first-order valence-corrected chi connectivity index (χ1v) is 8.45. The molecule has 0 aliphatic rings. The van der Waals surface area contributed by atoms with Crippen molar-refractivity contribution in [2.45, 2.75) is 33.3 Å². The van der Waals surface area contributed by atoms with Crippen LogP contribution in [0.2, 0.25) is 0 Å². The fraction of sp³-hybridized carbons (Fsp3) is 0.238. The lowest BCUT2D eigenvalue weighted by atomic mass is 9.99. The van der Waals surface area contributed by atoms with Gasteiger partial charge in [0, 0.05) is 11.3 Å². The van der Waals surface area contributed by atoms with E-state index in [0.717, 1.165) is 28.1 Å². The Kier molecular flexibility index (Phi) is 4.80. The molecule has 134 valence electrons. The number of hydrogen-bond donors (Lipinski definition) is 1. The molecule has 1 heterocycles. The third-order valence-electron chi connectivity index (χ3n) is 3.71. The van der Waals surface area contributed by atoms with Crippen LogP contribution in [0.1, 0.15) is 26.5 Å². The third-order valence-corrected chi connectivity index (χ3v) is 3.71. The predicted octanol–water partition coefficient (Wildman–Crippen LogP) is 5.66. The average molecular weight is 350 g/mol. The van der Waals surface area contributed by atoms with Gasteiger partial charge in [-0.05, 0) is 45.4 Å². The molecular weight excluding hydrogens is 328 g/mol. The van der Waals surface area contributed by atoms with Crippen molar-refractivity contribution < 1.29 is 14.1 Å². The van der Waals surface area contributed by atoms with Crippen LogP contribution < -0.4 is 5.32 Å². The second kappa shape index (κ2) is 7.04. The van der Waals surface area contributed by atoms with Gasteiger partial charge in [0.05, 0.1) is 5.56 Å². The van der Waals surface area contributed by atoms with E-state index in [2.05, 4.69) is 10.5 Å². The van der Waals surface area contributed by atoms with Crippen LogP contribution in [-0.4, -0.2) is 16.9 Å². The Balaban J connectivity index is 1.92. The molecule has 0 saturated carbocycles. The summed E-state index contributed by atoms with van der Waals surface area (Å²) in [6.45, 7) is 7.36. The number of nitrogens with one attached hydrogen (secondary N) is 1. The van der Waals surface area contributed by atoms with E-state index < -0.39 is 11.7 Å². The topological polar surface area (TPSA) is 64.4 Å². The van der Waals surface area contributed by atoms with Crippen molar-refractivity contribution >= 4 is 11.8 Å². The summed E-state index contributed by atoms with van der Waals surface area (Å²) < 4.78 is 10.7. The van der Waals surface area contributed by atoms with Gasteiger partial charge in [0.25, 0.3) is 0 Å². The van der Waals surface area contributed by atoms with E-state index in [1.807, 2.05) is 82.3 Å². The van der Waals surface area contributed by atoms with Crippen LogP contribution in [-0.2, 0) is 4.74 Å². The Bertz CT molecular complexity index is 909. The highest BCUT2D eigenvalue weighted by molar-refractivity contribution is 5.88. The van der Waals surface area contributed by atoms with Gasteiger partial charge in [0.2, 0.25) is 0 Å². The number of anilines is 1. The highest BCUT2D eigenvalue weighted by atomic mass is 16.6. The molecule has 3 rings (SSSR count). The number of carbonyl (C=O) groups is 1. The number of aromatic nitrogens is 1. The van der Waals surface area contributed by atoms with Crippen LogP contribution in [0.15, 0.2) is 59.1 Å². The first-order chi connectivity index (χ1) is 12.3. The minimum atomic E-state index is -0.548. The first kappa shape index (κ1) is 17.7. The molecule has 0 bridgehead atoms. The van der Waals surface area contributed by atoms with Gasteiger partial charge in [0.1, 0.15) is 17.1 Å². The summed E-state index contributed by atoms with van der Waals surface area (Å²) >= 11 is 0. The molecule has 2 aromatic carbocycles. The lowest BCUT2D eigenvalue weighted by Crippen LogP contribution is -2.27. The van der Waals surface area contributed by atoms with Gasteiger partial charge in [-0.25, -0.2) is 4.79 Å². The van der Waals surface area contributed by atoms with Crippen molar-refractivity contribution in [3.63, 3.8) is 0 Å². The predicted molar refractivity (Wildman–Crippen MR) is 102 cm³/mol. The van der Waals surface area contributed by atoms with E-state index in [4.69, 9.17) is 9.26 Å². The summed E-state index contributed by atoms with van der Waals surface area (Å²) in [4.78, 5) is 12.0. The maximum atomic E-state index is 12.0. The number of ether oxygens (including phenoxy) is 1. The molecule has 1 N–H and O–H groups in total. The number of rotatable bonds is 3. The quantitative estimate of drug-likeness (QED) is 0.661. The van der Waals surface area contributed by atoms with Gasteiger partial charge in [-0.2, -0.15) is 0 Å². The number of benzene rings is 2. The van der Waals surface area contributed by atoms with E-state index >= 15 is 0 Å². The molecule has 1 amide bonds. The van der Waals surface area contributed by atoms with Crippen molar-refractivity contribution in [2.75, 3.05) is 5.32 Å². The number of nitrogens with zero attached hydrogens (tertiary/aromatic N) is 1. The fourth-order valence-electron chi connectivity index (χ4n) is 2.68. The van der Waals surface area contributed by atoms with Gasteiger partial charge in [-0.15, -0.1) is 0 Å². The number of carbonyl (C=O) groups excluding carboxylic acids is 1. The molecule has 0 fully saturated rings. The second-order valence-corrected chi connectivity index (χ2v) is 7.04. The SMILES string of the molecule is Cc1onc(-c2ccccc2)c1-c1cccc(NC(=O)OC(C)(C)C)c1. The number of aryl methyl sites for hydroxylation is 1. The fourth-order valence-corrected chi connectivity index (χ4v) is 2.68. The van der Waals surface area contributed by atoms with Gasteiger partial charge < -0.3 is 9.26 Å². The minimum Gasteiger partial charge on any atom is -0.444 e. The normalized spacial score (nSPS) is 11.2. The Hall–Kier alpha value is -3.08. The zero-order valence-corrected chi connectivity index (χ0v) is 15.4. The lowest BCUT2D eigenvalue weighted by molar-refractivity contribution is 0.0636. The van der Waals surface area contributed by atoms with Crippen LogP contribution in [0.25, 0.3) is 22.4 Å². The smallest absolute Gasteiger partial charge is 0.412 e. The van der Waals surface area contributed by atoms with Crippen LogP contribution in [0.5, 0.6) is 0 Å². The molecule has 0 spiro atoms. The summed E-state index contributed by atoms with van der Waals surface area (Å²) in [5.74, 6) is 0.721. The minimum absolute atomic E-state index is 0.486. The van der Waals surface area contributed by atoms with Crippen molar-refractivity contribution in [3.05, 3.63) is 60.4 Å². The number of hydrogen-bond acceptors (Lipinski definition) is 4. The molecular formula is C21H22N2O3. The molecule has 5 nitrogen and oxygen atoms in total. The van der Waals surface area contributed by atoms with Gasteiger partial charge >= 0.3 is 6.09 Å². The van der Waals surface area contributed by atoms with Gasteiger partial charge in [-0.3, -0.25) is 5.32 Å². The molecule has 0 saturated heterocycles. The van der Waals surface area contributed by atoms with Crippen LogP contribution in [0, 0.1) is 6.92 Å². The maximum absolute atomic E-state index is 12.0. The zero-order chi connectivity index (χ0) is 18.7. The van der Waals surface area contributed by atoms with E-state index in [1.165, 1.54) is 0 Å². The van der Waals surface area contributed by atoms with Gasteiger partial charge in [0.15, 0.2) is 0 Å². The molecule has 0 unspecified atom stereocenters. The summed E-state index contributed by atoms with van der Waals surface area (Å²) in [6, 6.07) is 17.4. The number of amides is 1. The van der Waals surface area contributed by atoms with E-state index in [0.29, 0.717) is 5.69 Å². The van der Waals surface area contributed by atoms with Crippen molar-refractivity contribution in [3.8, 4) is 22.4 Å². The molecule has 0 aliphatic carbocycles. The summed E-state index contributed by atoms with van der Waals surface area (Å²) in [6.07, 6.45) is -0.486. The summed E-state index contributed by atoms with van der Waals surface area (Å²) in [5.41, 5.74) is 3.67. The second-order valence-electron chi connectivity index (χ2n) is 7.04. The molecule has 5 heteroatoms. The Morgan fingerprint density at radius 2 is 1.73 bits per heavy atom. The molecule has 3 aromatic rings. The molecule has 0 atom stereocenters. The first-order valence-electron chi connectivity index (χ1n) is 8.45. The Morgan fingerprint density at radius 1 is 1.04 bits per heavy atom. The molecule has 0 radical (unpaired) electrons. The van der Waals surface area contributed by atoms with Crippen LogP contribution in [0.4, 0.5) is 10.5 Å². The molecule has 26 heavy (non-hydrogen) atoms. The van der Waals surface area contributed by atoms with Crippen LogP contribution >= 0.6 is 0 Å². The highest BCUT2D eigenvalue weighted by Crippen LogP contribution is 2.35. The molecule has 1 aromatic heterocycles. The average Bonchev–Trinajstić information content (AvgIpc) is 2.96. The zero-order valence-electron chi connectivity index (χ0n) is 15.4. The van der Waals surface area contributed by atoms with Gasteiger partial charge in [-0.1, -0.05) is 47.6 Å². The Morgan fingerprint density at radius 3 is 2.42 bits per heavy atom. The standard InChI is InChI=1S/C21H22N2O3/c1-14-18(19(23-26-14)15-9-6-5-7-10-15)16-11-8-12-17(13-16)22-20(24)25-21(2,3)4/h5-13H,1-4H3,(H,22,24). The summed E-state index contributed by atoms with van der Waals surface area (Å²) in [7, 11) is 0. The lowest BCUT2D eigenvalue weighted by Gasteiger charge is -2.19. The monoisotopic (exact) mass is 350 g/mol. The summed E-state index contributed by atoms with van der Waals surface area (Å²) in [5, 5.41) is 6.98. The molecule has 0 aliphatic heterocycles. The largest absolute Gasteiger partial charge is 0.444 e. The van der Waals surface area contributed by atoms with Crippen LogP contribution in [0.3, 0.4) is 0 Å². The van der Waals surface area contributed by atoms with E-state index in [1.54, 1.807) is 0 Å². The van der Waals surface area contributed by atoms with Crippen molar-refractivity contribution in [1.29, 1.82) is 0 Å². The van der Waals surface area contributed by atoms with Crippen molar-refractivity contribution in [2.24, 2.45) is 0 Å². The maximum Gasteiger partial charge on any atom is 0.412 e. The van der Waals surface area contributed by atoms with Crippen molar-refractivity contribution in [1.82, 2.24) is 5.16 Å². The third kappa shape index (κ3) is 4.11.